The number of benzene rings is 1. The number of ether oxygens (including phenoxy) is 2. The van der Waals surface area contributed by atoms with E-state index in [0.29, 0.717) is 4.57 Å². The van der Waals surface area contributed by atoms with Gasteiger partial charge in [-0.1, -0.05) is 46.7 Å². The Morgan fingerprint density at radius 1 is 1.32 bits per heavy atom. The van der Waals surface area contributed by atoms with E-state index in [0.717, 1.165) is 12.3 Å². The first-order chi connectivity index (χ1) is 13.2. The highest BCUT2D eigenvalue weighted by Gasteiger charge is 2.68. The lowest BCUT2D eigenvalue weighted by Crippen LogP contribution is -2.50. The SMILES string of the molecule is C#C[C@]1(F)[C@H](n2ccc(=O)[nH]c2=O)O[C@](F)(CI)[C@H]1OC(=O)c1ccccc1. The number of terminal acetylenes is 1. The number of nitrogens with zero attached hydrogens (tertiary/aromatic N) is 1. The maximum atomic E-state index is 15.8. The summed E-state index contributed by atoms with van der Waals surface area (Å²) in [5.74, 6) is -2.06. The van der Waals surface area contributed by atoms with E-state index in [-0.39, 0.29) is 5.56 Å². The molecule has 1 aliphatic heterocycles. The van der Waals surface area contributed by atoms with Crippen LogP contribution in [0.2, 0.25) is 0 Å². The second-order valence-corrected chi connectivity index (χ2v) is 6.73. The van der Waals surface area contributed by atoms with Crippen LogP contribution in [0, 0.1) is 12.3 Å². The average molecular weight is 502 g/mol. The van der Waals surface area contributed by atoms with Crippen LogP contribution < -0.4 is 11.2 Å². The molecule has 1 fully saturated rings. The molecule has 7 nitrogen and oxygen atoms in total. The van der Waals surface area contributed by atoms with E-state index in [2.05, 4.69) is 0 Å². The van der Waals surface area contributed by atoms with Gasteiger partial charge in [0.15, 0.2) is 6.23 Å². The van der Waals surface area contributed by atoms with Crippen LogP contribution in [0.3, 0.4) is 0 Å². The number of nitrogens with one attached hydrogen (secondary N) is 1. The Labute approximate surface area is 170 Å². The predicted molar refractivity (Wildman–Crippen MR) is 102 cm³/mol. The summed E-state index contributed by atoms with van der Waals surface area (Å²) in [7, 11) is 0. The summed E-state index contributed by atoms with van der Waals surface area (Å²) in [6.45, 7) is 0. The fourth-order valence-electron chi connectivity index (χ4n) is 2.82. The number of esters is 1. The van der Waals surface area contributed by atoms with Gasteiger partial charge in [0.05, 0.1) is 9.99 Å². The summed E-state index contributed by atoms with van der Waals surface area (Å²) in [4.78, 5) is 37.6. The summed E-state index contributed by atoms with van der Waals surface area (Å²) >= 11 is 1.59. The van der Waals surface area contributed by atoms with Crippen molar-refractivity contribution in [2.24, 2.45) is 0 Å². The molecule has 1 N–H and O–H groups in total. The molecule has 4 atom stereocenters. The van der Waals surface area contributed by atoms with Crippen molar-refractivity contribution < 1.29 is 23.0 Å². The number of halogens is 3. The van der Waals surface area contributed by atoms with Crippen molar-refractivity contribution in [1.29, 1.82) is 0 Å². The molecule has 0 aliphatic carbocycles. The number of aromatic nitrogens is 2. The summed E-state index contributed by atoms with van der Waals surface area (Å²) < 4.78 is 41.5. The van der Waals surface area contributed by atoms with E-state index in [1.54, 1.807) is 46.7 Å². The monoisotopic (exact) mass is 502 g/mol. The highest BCUT2D eigenvalue weighted by molar-refractivity contribution is 14.1. The Morgan fingerprint density at radius 2 is 2.00 bits per heavy atom. The average Bonchev–Trinajstić information content (AvgIpc) is 2.91. The lowest BCUT2D eigenvalue weighted by atomic mass is 9.95. The summed E-state index contributed by atoms with van der Waals surface area (Å²) in [6.07, 6.45) is 2.11. The minimum atomic E-state index is -3.02. The second kappa shape index (κ2) is 7.48. The molecule has 0 saturated carbocycles. The molecule has 10 heteroatoms. The highest BCUT2D eigenvalue weighted by atomic mass is 127. The molecule has 0 bridgehead atoms. The van der Waals surface area contributed by atoms with Gasteiger partial charge in [0.25, 0.3) is 17.1 Å². The Bertz CT molecular complexity index is 1050. The zero-order valence-electron chi connectivity index (χ0n) is 14.1. The molecule has 3 rings (SSSR count). The molecule has 1 aromatic carbocycles. The van der Waals surface area contributed by atoms with E-state index >= 15 is 8.78 Å². The van der Waals surface area contributed by atoms with Crippen LogP contribution in [0.25, 0.3) is 0 Å². The minimum absolute atomic E-state index is 0.0577. The van der Waals surface area contributed by atoms with Crippen molar-refractivity contribution in [3.8, 4) is 12.3 Å². The van der Waals surface area contributed by atoms with Gasteiger partial charge in [-0.2, -0.15) is 0 Å². The molecule has 2 heterocycles. The Kier molecular flexibility index (Phi) is 5.40. The molecule has 0 unspecified atom stereocenters. The highest BCUT2D eigenvalue weighted by Crippen LogP contribution is 2.49. The number of hydrogen-bond donors (Lipinski definition) is 1. The fourth-order valence-corrected chi connectivity index (χ4v) is 3.40. The van der Waals surface area contributed by atoms with Crippen LogP contribution in [-0.2, 0) is 9.47 Å². The third-order valence-electron chi connectivity index (χ3n) is 4.18. The fraction of sp³-hybridized carbons (Fsp3) is 0.278. The zero-order chi connectivity index (χ0) is 20.5. The topological polar surface area (TPSA) is 90.4 Å². The van der Waals surface area contributed by atoms with Crippen molar-refractivity contribution in [2.75, 3.05) is 4.43 Å². The lowest BCUT2D eigenvalue weighted by Gasteiger charge is -2.27. The summed E-state index contributed by atoms with van der Waals surface area (Å²) in [5, 5.41) is 0. The molecular weight excluding hydrogens is 489 g/mol. The van der Waals surface area contributed by atoms with Crippen LogP contribution >= 0.6 is 22.6 Å². The molecule has 28 heavy (non-hydrogen) atoms. The van der Waals surface area contributed by atoms with Crippen LogP contribution in [0.1, 0.15) is 16.6 Å². The van der Waals surface area contributed by atoms with E-state index in [4.69, 9.17) is 15.9 Å². The summed E-state index contributed by atoms with van der Waals surface area (Å²) in [5.41, 5.74) is -4.76. The zero-order valence-corrected chi connectivity index (χ0v) is 16.3. The normalized spacial score (nSPS) is 29.2. The van der Waals surface area contributed by atoms with Gasteiger partial charge in [0.2, 0.25) is 6.10 Å². The largest absolute Gasteiger partial charge is 0.448 e. The Morgan fingerprint density at radius 3 is 2.57 bits per heavy atom. The first kappa shape index (κ1) is 20.2. The van der Waals surface area contributed by atoms with Gasteiger partial charge in [0.1, 0.15) is 0 Å². The van der Waals surface area contributed by atoms with Crippen molar-refractivity contribution in [2.45, 2.75) is 23.9 Å². The number of H-pyrrole nitrogens is 1. The third-order valence-corrected chi connectivity index (χ3v) is 5.22. The van der Waals surface area contributed by atoms with Crippen molar-refractivity contribution >= 4 is 28.6 Å². The van der Waals surface area contributed by atoms with Gasteiger partial charge in [-0.25, -0.2) is 18.4 Å². The van der Waals surface area contributed by atoms with E-state index in [1.807, 2.05) is 4.98 Å². The molecule has 2 aromatic rings. The van der Waals surface area contributed by atoms with Gasteiger partial charge < -0.3 is 9.47 Å². The smallest absolute Gasteiger partial charge is 0.338 e. The van der Waals surface area contributed by atoms with Crippen molar-refractivity contribution in [3.63, 3.8) is 0 Å². The van der Waals surface area contributed by atoms with Crippen molar-refractivity contribution in [1.82, 2.24) is 9.55 Å². The lowest BCUT2D eigenvalue weighted by molar-refractivity contribution is -0.170. The van der Waals surface area contributed by atoms with Crippen LogP contribution in [0.15, 0.2) is 52.2 Å². The molecule has 146 valence electrons. The van der Waals surface area contributed by atoms with E-state index in [1.165, 1.54) is 12.1 Å². The minimum Gasteiger partial charge on any atom is -0.448 e. The molecule has 0 amide bonds. The first-order valence-corrected chi connectivity index (χ1v) is 9.44. The molecule has 1 aliphatic rings. The Hall–Kier alpha value is -2.52. The quantitative estimate of drug-likeness (QED) is 0.298. The maximum absolute atomic E-state index is 15.8. The number of hydrogen-bond acceptors (Lipinski definition) is 5. The number of carbonyl (C=O) groups is 1. The number of carbonyl (C=O) groups excluding carboxylic acids is 1. The number of rotatable bonds is 4. The van der Waals surface area contributed by atoms with E-state index in [9.17, 15) is 14.4 Å². The Balaban J connectivity index is 2.05. The maximum Gasteiger partial charge on any atom is 0.338 e. The van der Waals surface area contributed by atoms with Gasteiger partial charge in [-0.15, -0.1) is 6.42 Å². The molecule has 1 aromatic heterocycles. The molecular formula is C18H13F2IN2O5. The number of alkyl halides is 3. The van der Waals surface area contributed by atoms with Gasteiger partial charge in [-0.3, -0.25) is 14.3 Å². The van der Waals surface area contributed by atoms with Crippen LogP contribution in [0.4, 0.5) is 8.78 Å². The van der Waals surface area contributed by atoms with Crippen LogP contribution in [-0.4, -0.2) is 37.6 Å². The number of aromatic amines is 1. The summed E-state index contributed by atoms with van der Waals surface area (Å²) in [6, 6.07) is 8.49. The molecule has 0 spiro atoms. The van der Waals surface area contributed by atoms with Gasteiger partial charge in [-0.05, 0) is 12.1 Å². The van der Waals surface area contributed by atoms with E-state index < -0.39 is 45.5 Å². The predicted octanol–water partition coefficient (Wildman–Crippen LogP) is 1.73. The molecule has 0 radical (unpaired) electrons. The third kappa shape index (κ3) is 3.35. The second-order valence-electron chi connectivity index (χ2n) is 5.97. The first-order valence-electron chi connectivity index (χ1n) is 7.92. The van der Waals surface area contributed by atoms with Gasteiger partial charge >= 0.3 is 11.7 Å². The van der Waals surface area contributed by atoms with Gasteiger partial charge in [0, 0.05) is 12.3 Å². The van der Waals surface area contributed by atoms with Crippen molar-refractivity contribution in [3.05, 3.63) is 69.0 Å². The van der Waals surface area contributed by atoms with Crippen LogP contribution in [0.5, 0.6) is 0 Å². The molecule has 1 saturated heterocycles. The standard InChI is InChI=1S/C18H13F2IN2O5/c1-2-17(19)14(27-13(25)11-6-4-3-5-7-11)18(20,10-21)28-15(17)23-9-8-12(24)22-16(23)26/h1,3-9,14-15H,10H2,(H,22,24,26)/t14-,15+,17+,18+/m0/s1.